The molecule has 0 amide bonds. The van der Waals surface area contributed by atoms with Crippen LogP contribution in [0.3, 0.4) is 0 Å². The molecule has 5 nitrogen and oxygen atoms in total. The summed E-state index contributed by atoms with van der Waals surface area (Å²) >= 11 is 1.28. The van der Waals surface area contributed by atoms with Crippen LogP contribution in [0.1, 0.15) is 52.9 Å². The summed E-state index contributed by atoms with van der Waals surface area (Å²) in [7, 11) is -3.70. The van der Waals surface area contributed by atoms with Crippen molar-refractivity contribution in [1.82, 2.24) is 4.72 Å². The van der Waals surface area contributed by atoms with E-state index in [1.165, 1.54) is 11.8 Å². The molecular formula is C13H23NO4S2. The van der Waals surface area contributed by atoms with Gasteiger partial charge in [-0.05, 0) is 12.8 Å². The molecule has 7 heteroatoms. The Balaban J connectivity index is 2.06. The van der Waals surface area contributed by atoms with E-state index in [2.05, 4.69) is 4.72 Å². The zero-order valence-corrected chi connectivity index (χ0v) is 13.9. The molecule has 0 spiro atoms. The number of hydrogen-bond acceptors (Lipinski definition) is 5. The Labute approximate surface area is 125 Å². The Morgan fingerprint density at radius 3 is 2.60 bits per heavy atom. The summed E-state index contributed by atoms with van der Waals surface area (Å²) in [6.07, 6.45) is 3.74. The van der Waals surface area contributed by atoms with Crippen LogP contribution in [-0.4, -0.2) is 30.4 Å². The molecule has 2 fully saturated rings. The average Bonchev–Trinajstić information content (AvgIpc) is 2.24. The van der Waals surface area contributed by atoms with Gasteiger partial charge in [-0.1, -0.05) is 45.4 Å². The van der Waals surface area contributed by atoms with Crippen LogP contribution in [0.2, 0.25) is 0 Å². The molecule has 1 aliphatic heterocycles. The van der Waals surface area contributed by atoms with Gasteiger partial charge in [0, 0.05) is 23.1 Å². The highest BCUT2D eigenvalue weighted by Gasteiger charge is 2.42. The standard InChI is InChI=1S/C13H23NO4S2/c1-13(2,3)19-12(15)8-10-9-6-4-5-7-11(9)18-20(16,17)14-10/h9-11,14H,4-8H2,1-3H3/t9?,10-,11?/m0/s1. The minimum Gasteiger partial charge on any atom is -0.287 e. The van der Waals surface area contributed by atoms with E-state index in [1.54, 1.807) is 0 Å². The molecule has 0 aromatic carbocycles. The highest BCUT2D eigenvalue weighted by molar-refractivity contribution is 8.14. The van der Waals surface area contributed by atoms with E-state index in [4.69, 9.17) is 4.18 Å². The molecule has 1 saturated heterocycles. The van der Waals surface area contributed by atoms with Crippen LogP contribution in [0.5, 0.6) is 0 Å². The van der Waals surface area contributed by atoms with Crippen molar-refractivity contribution in [2.75, 3.05) is 0 Å². The highest BCUT2D eigenvalue weighted by atomic mass is 32.2. The third kappa shape index (κ3) is 4.44. The van der Waals surface area contributed by atoms with Gasteiger partial charge in [-0.2, -0.15) is 13.1 Å². The monoisotopic (exact) mass is 321 g/mol. The van der Waals surface area contributed by atoms with Crippen LogP contribution in [0.4, 0.5) is 0 Å². The molecule has 1 heterocycles. The van der Waals surface area contributed by atoms with Gasteiger partial charge >= 0.3 is 10.3 Å². The first-order valence-corrected chi connectivity index (χ1v) is 9.31. The largest absolute Gasteiger partial charge is 0.336 e. The number of carbonyl (C=O) groups is 1. The van der Waals surface area contributed by atoms with Crippen LogP contribution < -0.4 is 4.72 Å². The second-order valence-corrected chi connectivity index (χ2v) is 9.77. The highest BCUT2D eigenvalue weighted by Crippen LogP contribution is 2.36. The Kier molecular flexibility index (Phi) is 4.83. The van der Waals surface area contributed by atoms with E-state index < -0.39 is 10.3 Å². The number of hydrogen-bond donors (Lipinski definition) is 1. The van der Waals surface area contributed by atoms with E-state index >= 15 is 0 Å². The topological polar surface area (TPSA) is 72.5 Å². The molecule has 0 aromatic heterocycles. The van der Waals surface area contributed by atoms with Crippen molar-refractivity contribution < 1.29 is 17.4 Å². The molecule has 0 aromatic rings. The van der Waals surface area contributed by atoms with Gasteiger partial charge in [-0.15, -0.1) is 0 Å². The fraction of sp³-hybridized carbons (Fsp3) is 0.923. The van der Waals surface area contributed by atoms with E-state index in [0.717, 1.165) is 25.7 Å². The lowest BCUT2D eigenvalue weighted by atomic mass is 9.81. The van der Waals surface area contributed by atoms with Crippen molar-refractivity contribution in [3.05, 3.63) is 0 Å². The first kappa shape index (κ1) is 16.3. The normalized spacial score (nSPS) is 33.5. The van der Waals surface area contributed by atoms with Crippen LogP contribution in [0.25, 0.3) is 0 Å². The van der Waals surface area contributed by atoms with Gasteiger partial charge in [0.2, 0.25) is 0 Å². The Morgan fingerprint density at radius 1 is 1.30 bits per heavy atom. The smallest absolute Gasteiger partial charge is 0.287 e. The summed E-state index contributed by atoms with van der Waals surface area (Å²) in [5, 5.41) is 0.0384. The molecule has 0 bridgehead atoms. The molecule has 1 saturated carbocycles. The van der Waals surface area contributed by atoms with Gasteiger partial charge in [0.1, 0.15) is 0 Å². The predicted molar refractivity (Wildman–Crippen MR) is 79.6 cm³/mol. The summed E-state index contributed by atoms with van der Waals surface area (Å²) in [6.45, 7) is 5.94. The maximum Gasteiger partial charge on any atom is 0.336 e. The van der Waals surface area contributed by atoms with E-state index in [9.17, 15) is 13.2 Å². The van der Waals surface area contributed by atoms with Gasteiger partial charge in [0.15, 0.2) is 5.12 Å². The maximum absolute atomic E-state index is 12.1. The summed E-state index contributed by atoms with van der Waals surface area (Å²) in [4.78, 5) is 12.1. The molecule has 2 aliphatic rings. The van der Waals surface area contributed by atoms with Gasteiger partial charge < -0.3 is 0 Å². The second kappa shape index (κ2) is 5.94. The lowest BCUT2D eigenvalue weighted by molar-refractivity contribution is -0.112. The van der Waals surface area contributed by atoms with Crippen LogP contribution in [0.15, 0.2) is 0 Å². The Hall–Kier alpha value is -0.110. The minimum atomic E-state index is -3.70. The van der Waals surface area contributed by atoms with E-state index in [0.29, 0.717) is 0 Å². The number of fused-ring (bicyclic) bond motifs is 1. The Morgan fingerprint density at radius 2 is 1.95 bits per heavy atom. The number of rotatable bonds is 2. The zero-order chi connectivity index (χ0) is 15.0. The third-order valence-corrected chi connectivity index (χ3v) is 5.72. The summed E-state index contributed by atoms with van der Waals surface area (Å²) in [5.41, 5.74) is 0. The predicted octanol–water partition coefficient (Wildman–Crippen LogP) is 2.23. The fourth-order valence-corrected chi connectivity index (χ4v) is 5.12. The van der Waals surface area contributed by atoms with Crippen molar-refractivity contribution in [2.24, 2.45) is 5.92 Å². The van der Waals surface area contributed by atoms with Crippen LogP contribution >= 0.6 is 11.8 Å². The quantitative estimate of drug-likeness (QED) is 0.844. The second-order valence-electron chi connectivity index (χ2n) is 6.55. The SMILES string of the molecule is CC(C)(C)SC(=O)C[C@@H]1NS(=O)(=O)OC2CCCCC21. The molecule has 3 atom stereocenters. The summed E-state index contributed by atoms with van der Waals surface area (Å²) in [5.74, 6) is 0.122. The number of thioether (sulfide) groups is 1. The molecule has 2 rings (SSSR count). The zero-order valence-electron chi connectivity index (χ0n) is 12.2. The molecule has 0 radical (unpaired) electrons. The van der Waals surface area contributed by atoms with Crippen molar-refractivity contribution in [3.8, 4) is 0 Å². The van der Waals surface area contributed by atoms with Crippen LogP contribution in [-0.2, 0) is 19.3 Å². The van der Waals surface area contributed by atoms with E-state index in [-0.39, 0.29) is 34.3 Å². The molecule has 20 heavy (non-hydrogen) atoms. The lowest BCUT2D eigenvalue weighted by Crippen LogP contribution is -2.54. The average molecular weight is 321 g/mol. The molecule has 116 valence electrons. The number of carbonyl (C=O) groups excluding carboxylic acids is 1. The van der Waals surface area contributed by atoms with Gasteiger partial charge in [-0.3, -0.25) is 8.98 Å². The van der Waals surface area contributed by atoms with E-state index in [1.807, 2.05) is 20.8 Å². The summed E-state index contributed by atoms with van der Waals surface area (Å²) < 4.78 is 31.0. The van der Waals surface area contributed by atoms with Crippen molar-refractivity contribution in [3.63, 3.8) is 0 Å². The van der Waals surface area contributed by atoms with Crippen molar-refractivity contribution in [1.29, 1.82) is 0 Å². The third-order valence-electron chi connectivity index (χ3n) is 3.62. The molecule has 2 unspecified atom stereocenters. The van der Waals surface area contributed by atoms with Gasteiger partial charge in [0.05, 0.1) is 6.10 Å². The summed E-state index contributed by atoms with van der Waals surface area (Å²) in [6, 6.07) is -0.318. The Bertz CT molecular complexity index is 469. The van der Waals surface area contributed by atoms with Crippen molar-refractivity contribution >= 4 is 27.2 Å². The molecular weight excluding hydrogens is 298 g/mol. The maximum atomic E-state index is 12.1. The number of nitrogens with one attached hydrogen (secondary N) is 1. The van der Waals surface area contributed by atoms with Gasteiger partial charge in [-0.25, -0.2) is 0 Å². The van der Waals surface area contributed by atoms with Crippen molar-refractivity contribution in [2.45, 2.75) is 69.8 Å². The fourth-order valence-electron chi connectivity index (χ4n) is 2.92. The van der Waals surface area contributed by atoms with Crippen LogP contribution in [0, 0.1) is 5.92 Å². The lowest BCUT2D eigenvalue weighted by Gasteiger charge is -2.40. The van der Waals surface area contributed by atoms with Gasteiger partial charge in [0.25, 0.3) is 0 Å². The molecule has 1 N–H and O–H groups in total. The molecule has 1 aliphatic carbocycles. The minimum absolute atomic E-state index is 0.0384. The first-order chi connectivity index (χ1) is 9.16. The first-order valence-electron chi connectivity index (χ1n) is 7.09.